The quantitative estimate of drug-likeness (QED) is 0.0828. The van der Waals surface area contributed by atoms with Crippen LogP contribution in [-0.2, 0) is 22.3 Å². The van der Waals surface area contributed by atoms with Gasteiger partial charge >= 0.3 is 11.9 Å². The highest BCUT2D eigenvalue weighted by Gasteiger charge is 2.27. The van der Waals surface area contributed by atoms with Gasteiger partial charge in [0.05, 0.1) is 32.0 Å². The molecule has 4 nitrogen and oxygen atoms in total. The first-order chi connectivity index (χ1) is 20.1. The number of esters is 2. The Morgan fingerprint density at radius 3 is 1.15 bits per heavy atom. The SMILES string of the molecule is CCCCCCCCCCc1c(C(=O)OCC)sc2c1sc1c(CCCCCCCCCC)c(C(=O)OCC)sc12. The number of hydrogen-bond donors (Lipinski definition) is 0. The number of rotatable bonds is 22. The van der Waals surface area contributed by atoms with Crippen molar-refractivity contribution in [3.63, 3.8) is 0 Å². The zero-order valence-corrected chi connectivity index (χ0v) is 28.4. The molecule has 3 heterocycles. The maximum Gasteiger partial charge on any atom is 0.348 e. The van der Waals surface area contributed by atoms with Crippen LogP contribution in [0, 0.1) is 0 Å². The van der Waals surface area contributed by atoms with Gasteiger partial charge in [-0.15, -0.1) is 34.0 Å². The summed E-state index contributed by atoms with van der Waals surface area (Å²) in [6, 6.07) is 0. The first-order valence-corrected chi connectivity index (χ1v) is 18.9. The summed E-state index contributed by atoms with van der Waals surface area (Å²) in [5, 5.41) is 0. The van der Waals surface area contributed by atoms with Crippen molar-refractivity contribution in [1.82, 2.24) is 0 Å². The highest BCUT2D eigenvalue weighted by Crippen LogP contribution is 2.49. The van der Waals surface area contributed by atoms with Gasteiger partial charge in [0.2, 0.25) is 0 Å². The van der Waals surface area contributed by atoms with E-state index in [2.05, 4.69) is 13.8 Å². The number of aryl methyl sites for hydroxylation is 2. The van der Waals surface area contributed by atoms with E-state index in [0.29, 0.717) is 13.2 Å². The van der Waals surface area contributed by atoms with E-state index < -0.39 is 0 Å². The Balaban J connectivity index is 1.80. The van der Waals surface area contributed by atoms with Gasteiger partial charge in [-0.3, -0.25) is 0 Å². The van der Waals surface area contributed by atoms with Crippen LogP contribution in [0.3, 0.4) is 0 Å². The molecule has 0 spiro atoms. The summed E-state index contributed by atoms with van der Waals surface area (Å²) in [6.07, 6.45) is 22.1. The highest BCUT2D eigenvalue weighted by molar-refractivity contribution is 7.39. The van der Waals surface area contributed by atoms with Gasteiger partial charge in [-0.25, -0.2) is 9.59 Å². The molecule has 0 aliphatic carbocycles. The molecule has 7 heteroatoms. The predicted molar refractivity (Wildman–Crippen MR) is 180 cm³/mol. The zero-order chi connectivity index (χ0) is 29.5. The van der Waals surface area contributed by atoms with E-state index in [4.69, 9.17) is 9.47 Å². The standard InChI is InChI=1S/C34H52O4S3/c1-5-9-11-13-15-17-19-21-23-25-27-31(40-29(25)33(35)37-7-3)32-28(39-27)26(30(41-32)34(36)38-8-4)24-22-20-18-16-14-12-10-6-2/h5-24H2,1-4H3. The molecule has 0 fully saturated rings. The first-order valence-electron chi connectivity index (χ1n) is 16.4. The third-order valence-electron chi connectivity index (χ3n) is 7.81. The summed E-state index contributed by atoms with van der Waals surface area (Å²) in [7, 11) is 0. The number of hydrogen-bond acceptors (Lipinski definition) is 7. The lowest BCUT2D eigenvalue weighted by atomic mass is 10.0. The van der Waals surface area contributed by atoms with Crippen molar-refractivity contribution in [3.8, 4) is 0 Å². The molecule has 0 saturated carbocycles. The minimum atomic E-state index is -0.204. The third-order valence-corrected chi connectivity index (χ3v) is 12.0. The van der Waals surface area contributed by atoms with E-state index >= 15 is 0 Å². The van der Waals surface area contributed by atoms with Gasteiger partial charge in [-0.1, -0.05) is 104 Å². The number of unbranched alkanes of at least 4 members (excludes halogenated alkanes) is 14. The molecule has 0 atom stereocenters. The molecule has 41 heavy (non-hydrogen) atoms. The van der Waals surface area contributed by atoms with Gasteiger partial charge in [-0.2, -0.15) is 0 Å². The summed E-state index contributed by atoms with van der Waals surface area (Å²) in [4.78, 5) is 27.5. The number of carbonyl (C=O) groups is 2. The summed E-state index contributed by atoms with van der Waals surface area (Å²) in [6.45, 7) is 9.01. The van der Waals surface area contributed by atoms with Crippen molar-refractivity contribution in [2.45, 2.75) is 143 Å². The zero-order valence-electron chi connectivity index (χ0n) is 26.0. The van der Waals surface area contributed by atoms with Crippen LogP contribution in [0.5, 0.6) is 0 Å². The maximum atomic E-state index is 13.0. The molecule has 3 aromatic rings. The second-order valence-electron chi connectivity index (χ2n) is 11.1. The number of carbonyl (C=O) groups excluding carboxylic acids is 2. The van der Waals surface area contributed by atoms with Crippen LogP contribution in [0.25, 0.3) is 18.8 Å². The Hall–Kier alpha value is -1.44. The van der Waals surface area contributed by atoms with Crippen molar-refractivity contribution in [3.05, 3.63) is 20.9 Å². The van der Waals surface area contributed by atoms with E-state index in [1.807, 2.05) is 13.8 Å². The lowest BCUT2D eigenvalue weighted by Crippen LogP contribution is -2.05. The Bertz CT molecular complexity index is 1110. The van der Waals surface area contributed by atoms with Gasteiger partial charge in [-0.05, 0) is 50.7 Å². The molecule has 3 aromatic heterocycles. The van der Waals surface area contributed by atoms with Crippen LogP contribution in [0.2, 0.25) is 0 Å². The smallest absolute Gasteiger partial charge is 0.348 e. The van der Waals surface area contributed by atoms with Crippen LogP contribution in [0.15, 0.2) is 0 Å². The Morgan fingerprint density at radius 1 is 0.463 bits per heavy atom. The summed E-state index contributed by atoms with van der Waals surface area (Å²) in [5.74, 6) is -0.408. The molecule has 0 aliphatic rings. The molecule has 0 bridgehead atoms. The largest absolute Gasteiger partial charge is 0.462 e. The van der Waals surface area contributed by atoms with Crippen LogP contribution in [-0.4, -0.2) is 25.2 Å². The second kappa shape index (κ2) is 19.0. The van der Waals surface area contributed by atoms with Crippen molar-refractivity contribution < 1.29 is 19.1 Å². The fraction of sp³-hybridized carbons (Fsp3) is 0.706. The minimum Gasteiger partial charge on any atom is -0.462 e. The number of thiophene rings is 3. The maximum absolute atomic E-state index is 13.0. The van der Waals surface area contributed by atoms with Gasteiger partial charge < -0.3 is 9.47 Å². The van der Waals surface area contributed by atoms with Crippen LogP contribution in [0.1, 0.15) is 161 Å². The normalized spacial score (nSPS) is 11.6. The average molecular weight is 621 g/mol. The van der Waals surface area contributed by atoms with Crippen molar-refractivity contribution in [2.75, 3.05) is 13.2 Å². The number of fused-ring (bicyclic) bond motifs is 3. The summed E-state index contributed by atoms with van der Waals surface area (Å²) in [5.41, 5.74) is 2.33. The second-order valence-corrected chi connectivity index (χ2v) is 14.2. The predicted octanol–water partition coefficient (Wildman–Crippen LogP) is 11.9. The molecule has 0 aromatic carbocycles. The third kappa shape index (κ3) is 9.79. The fourth-order valence-corrected chi connectivity index (χ4v) is 9.99. The van der Waals surface area contributed by atoms with Crippen molar-refractivity contribution in [1.29, 1.82) is 0 Å². The van der Waals surface area contributed by atoms with E-state index in [0.717, 1.165) is 44.8 Å². The first kappa shape index (κ1) is 34.1. The van der Waals surface area contributed by atoms with E-state index in [9.17, 15) is 9.59 Å². The Labute approximate surface area is 260 Å². The lowest BCUT2D eigenvalue weighted by molar-refractivity contribution is 0.0521. The van der Waals surface area contributed by atoms with Gasteiger partial charge in [0, 0.05) is 0 Å². The molecular weight excluding hydrogens is 569 g/mol. The van der Waals surface area contributed by atoms with Gasteiger partial charge in [0.15, 0.2) is 0 Å². The van der Waals surface area contributed by atoms with Gasteiger partial charge in [0.25, 0.3) is 0 Å². The monoisotopic (exact) mass is 620 g/mol. The summed E-state index contributed by atoms with van der Waals surface area (Å²) < 4.78 is 15.7. The van der Waals surface area contributed by atoms with Gasteiger partial charge in [0.1, 0.15) is 9.75 Å². The average Bonchev–Trinajstić information content (AvgIpc) is 3.61. The molecule has 0 amide bonds. The minimum absolute atomic E-state index is 0.204. The number of ether oxygens (including phenoxy) is 2. The molecule has 3 rings (SSSR count). The molecular formula is C34H52O4S3. The van der Waals surface area contributed by atoms with Crippen LogP contribution in [0.4, 0.5) is 0 Å². The lowest BCUT2D eigenvalue weighted by Gasteiger charge is -2.06. The molecule has 0 radical (unpaired) electrons. The molecule has 0 N–H and O–H groups in total. The summed E-state index contributed by atoms with van der Waals surface area (Å²) >= 11 is 4.92. The molecule has 230 valence electrons. The fourth-order valence-electron chi connectivity index (χ4n) is 5.57. The van der Waals surface area contributed by atoms with Crippen molar-refractivity contribution in [2.24, 2.45) is 0 Å². The molecule has 0 unspecified atom stereocenters. The van der Waals surface area contributed by atoms with E-state index in [1.165, 1.54) is 110 Å². The van der Waals surface area contributed by atoms with E-state index in [1.54, 1.807) is 34.0 Å². The molecule has 0 saturated heterocycles. The highest BCUT2D eigenvalue weighted by atomic mass is 32.1. The topological polar surface area (TPSA) is 52.6 Å². The molecule has 0 aliphatic heterocycles. The Kier molecular flexibility index (Phi) is 15.8. The van der Waals surface area contributed by atoms with E-state index in [-0.39, 0.29) is 11.9 Å². The van der Waals surface area contributed by atoms with Crippen molar-refractivity contribution >= 4 is 64.7 Å². The van der Waals surface area contributed by atoms with Crippen LogP contribution >= 0.6 is 34.0 Å². The Morgan fingerprint density at radius 2 is 0.805 bits per heavy atom. The van der Waals surface area contributed by atoms with Crippen LogP contribution < -0.4 is 0 Å².